The lowest BCUT2D eigenvalue weighted by Crippen LogP contribution is -2.41. The molecule has 0 aromatic carbocycles. The molecule has 0 aromatic heterocycles. The van der Waals surface area contributed by atoms with Crippen LogP contribution in [0.1, 0.15) is 66.7 Å². The first-order chi connectivity index (χ1) is 8.02. The second-order valence-electron chi connectivity index (χ2n) is 6.93. The summed E-state index contributed by atoms with van der Waals surface area (Å²) in [5.74, 6) is 0.591. The standard InChI is InChI=1S/C14H27FO2S/c1-6-13(2,3)11-7-9-12(10-8-11)14(4,5)18(15,16)17/h11-12H,6-10H2,1-5H3. The highest BCUT2D eigenvalue weighted by atomic mass is 32.3. The van der Waals surface area contributed by atoms with Crippen LogP contribution in [0.25, 0.3) is 0 Å². The van der Waals surface area contributed by atoms with Crippen molar-refractivity contribution < 1.29 is 12.3 Å². The molecule has 4 heteroatoms. The molecule has 0 amide bonds. The summed E-state index contributed by atoms with van der Waals surface area (Å²) in [6.45, 7) is 9.79. The van der Waals surface area contributed by atoms with Crippen LogP contribution in [-0.4, -0.2) is 13.2 Å². The highest BCUT2D eigenvalue weighted by Crippen LogP contribution is 2.46. The maximum atomic E-state index is 13.3. The van der Waals surface area contributed by atoms with Gasteiger partial charge in [0, 0.05) is 0 Å². The largest absolute Gasteiger partial charge is 0.307 e. The molecular formula is C14H27FO2S. The Kier molecular flexibility index (Phi) is 4.52. The summed E-state index contributed by atoms with van der Waals surface area (Å²) in [5.41, 5.74) is 0.309. The molecule has 1 aliphatic carbocycles. The van der Waals surface area contributed by atoms with Gasteiger partial charge in [0.15, 0.2) is 0 Å². The van der Waals surface area contributed by atoms with E-state index in [1.807, 2.05) is 0 Å². The van der Waals surface area contributed by atoms with Crippen LogP contribution in [0, 0.1) is 17.3 Å². The third-order valence-electron chi connectivity index (χ3n) is 5.36. The molecule has 0 N–H and O–H groups in total. The van der Waals surface area contributed by atoms with E-state index in [2.05, 4.69) is 20.8 Å². The molecule has 18 heavy (non-hydrogen) atoms. The number of hydrogen-bond acceptors (Lipinski definition) is 2. The third kappa shape index (κ3) is 3.06. The van der Waals surface area contributed by atoms with Crippen LogP contribution in [0.5, 0.6) is 0 Å². The zero-order chi connectivity index (χ0) is 14.2. The molecule has 1 rings (SSSR count). The average molecular weight is 278 g/mol. The van der Waals surface area contributed by atoms with Crippen molar-refractivity contribution in [2.24, 2.45) is 17.3 Å². The Bertz CT molecular complexity index is 377. The van der Waals surface area contributed by atoms with Crippen molar-refractivity contribution >= 4 is 10.2 Å². The van der Waals surface area contributed by atoms with E-state index in [4.69, 9.17) is 0 Å². The fourth-order valence-corrected chi connectivity index (χ4v) is 3.69. The van der Waals surface area contributed by atoms with E-state index in [-0.39, 0.29) is 5.92 Å². The lowest BCUT2D eigenvalue weighted by atomic mass is 9.66. The summed E-state index contributed by atoms with van der Waals surface area (Å²) in [7, 11) is -4.46. The zero-order valence-corrected chi connectivity index (χ0v) is 13.1. The summed E-state index contributed by atoms with van der Waals surface area (Å²) in [6, 6.07) is 0. The van der Waals surface area contributed by atoms with Crippen LogP contribution in [0.15, 0.2) is 0 Å². The summed E-state index contributed by atoms with van der Waals surface area (Å²) >= 11 is 0. The summed E-state index contributed by atoms with van der Waals surface area (Å²) < 4.78 is 34.5. The molecule has 0 aromatic rings. The molecule has 0 bridgehead atoms. The molecule has 0 spiro atoms. The SMILES string of the molecule is CCC(C)(C)C1CCC(C(C)(C)S(=O)(=O)F)CC1. The molecule has 1 aliphatic rings. The highest BCUT2D eigenvalue weighted by Gasteiger charge is 2.44. The number of rotatable bonds is 4. The Morgan fingerprint density at radius 1 is 1.00 bits per heavy atom. The molecule has 2 nitrogen and oxygen atoms in total. The van der Waals surface area contributed by atoms with Gasteiger partial charge in [-0.1, -0.05) is 27.2 Å². The van der Waals surface area contributed by atoms with Crippen molar-refractivity contribution in [2.75, 3.05) is 0 Å². The predicted octanol–water partition coefficient (Wildman–Crippen LogP) is 4.31. The van der Waals surface area contributed by atoms with Crippen molar-refractivity contribution in [1.82, 2.24) is 0 Å². The van der Waals surface area contributed by atoms with Crippen LogP contribution in [-0.2, 0) is 10.2 Å². The maximum Gasteiger partial charge on any atom is 0.307 e. The predicted molar refractivity (Wildman–Crippen MR) is 73.6 cm³/mol. The van der Waals surface area contributed by atoms with Gasteiger partial charge in [-0.05, 0) is 56.8 Å². The van der Waals surface area contributed by atoms with Gasteiger partial charge in [-0.3, -0.25) is 0 Å². The van der Waals surface area contributed by atoms with Crippen molar-refractivity contribution in [3.05, 3.63) is 0 Å². The molecule has 0 aliphatic heterocycles. The van der Waals surface area contributed by atoms with Gasteiger partial charge < -0.3 is 0 Å². The van der Waals surface area contributed by atoms with E-state index in [0.717, 1.165) is 32.1 Å². The van der Waals surface area contributed by atoms with Crippen LogP contribution < -0.4 is 0 Å². The van der Waals surface area contributed by atoms with Crippen LogP contribution in [0.2, 0.25) is 0 Å². The van der Waals surface area contributed by atoms with E-state index in [9.17, 15) is 12.3 Å². The first-order valence-corrected chi connectivity index (χ1v) is 8.35. The normalized spacial score (nSPS) is 27.2. The van der Waals surface area contributed by atoms with Gasteiger partial charge in [-0.2, -0.15) is 8.42 Å². The highest BCUT2D eigenvalue weighted by molar-refractivity contribution is 7.87. The Morgan fingerprint density at radius 3 is 1.72 bits per heavy atom. The zero-order valence-electron chi connectivity index (χ0n) is 12.3. The van der Waals surface area contributed by atoms with Gasteiger partial charge in [-0.25, -0.2) is 0 Å². The molecule has 0 atom stereocenters. The van der Waals surface area contributed by atoms with Gasteiger partial charge in [-0.15, -0.1) is 3.89 Å². The molecule has 1 saturated carbocycles. The average Bonchev–Trinajstić information content (AvgIpc) is 2.27. The minimum Gasteiger partial charge on any atom is -0.194 e. The minimum atomic E-state index is -4.46. The summed E-state index contributed by atoms with van der Waals surface area (Å²) in [5, 5.41) is 0. The van der Waals surface area contributed by atoms with Crippen molar-refractivity contribution in [3.8, 4) is 0 Å². The third-order valence-corrected chi connectivity index (χ3v) is 6.95. The Balaban J connectivity index is 2.71. The molecular weight excluding hydrogens is 251 g/mol. The van der Waals surface area contributed by atoms with E-state index < -0.39 is 15.0 Å². The monoisotopic (exact) mass is 278 g/mol. The maximum absolute atomic E-state index is 13.3. The smallest absolute Gasteiger partial charge is 0.194 e. The quantitative estimate of drug-likeness (QED) is 0.718. The van der Waals surface area contributed by atoms with Crippen molar-refractivity contribution in [3.63, 3.8) is 0 Å². The van der Waals surface area contributed by atoms with E-state index in [1.54, 1.807) is 0 Å². The van der Waals surface area contributed by atoms with E-state index in [0.29, 0.717) is 11.3 Å². The van der Waals surface area contributed by atoms with Gasteiger partial charge in [0.25, 0.3) is 0 Å². The van der Waals surface area contributed by atoms with Gasteiger partial charge >= 0.3 is 10.2 Å². The fourth-order valence-electron chi connectivity index (χ4n) is 3.06. The number of halogens is 1. The lowest BCUT2D eigenvalue weighted by molar-refractivity contribution is 0.117. The molecule has 0 saturated heterocycles. The summed E-state index contributed by atoms with van der Waals surface area (Å²) in [4.78, 5) is 0. The second-order valence-corrected chi connectivity index (χ2v) is 8.86. The Hall–Kier alpha value is -0.120. The molecule has 0 unspecified atom stereocenters. The van der Waals surface area contributed by atoms with Crippen LogP contribution >= 0.6 is 0 Å². The molecule has 1 fully saturated rings. The first kappa shape index (κ1) is 15.9. The van der Waals surface area contributed by atoms with Gasteiger partial charge in [0.05, 0.1) is 4.75 Å². The Morgan fingerprint density at radius 2 is 1.39 bits per heavy atom. The van der Waals surface area contributed by atoms with Crippen molar-refractivity contribution in [1.29, 1.82) is 0 Å². The molecule has 0 radical (unpaired) electrons. The topological polar surface area (TPSA) is 34.1 Å². The molecule has 108 valence electrons. The number of hydrogen-bond donors (Lipinski definition) is 0. The van der Waals surface area contributed by atoms with E-state index in [1.165, 1.54) is 13.8 Å². The van der Waals surface area contributed by atoms with Crippen LogP contribution in [0.3, 0.4) is 0 Å². The van der Waals surface area contributed by atoms with Gasteiger partial charge in [0.2, 0.25) is 0 Å². The van der Waals surface area contributed by atoms with E-state index >= 15 is 0 Å². The second kappa shape index (κ2) is 5.10. The Labute approximate surface area is 112 Å². The molecule has 0 heterocycles. The summed E-state index contributed by atoms with van der Waals surface area (Å²) in [6.07, 6.45) is 4.82. The fraction of sp³-hybridized carbons (Fsp3) is 1.00. The first-order valence-electron chi connectivity index (χ1n) is 6.96. The van der Waals surface area contributed by atoms with Crippen LogP contribution in [0.4, 0.5) is 3.89 Å². The van der Waals surface area contributed by atoms with Gasteiger partial charge in [0.1, 0.15) is 0 Å². The minimum absolute atomic E-state index is 0.0450. The lowest BCUT2D eigenvalue weighted by Gasteiger charge is -2.42. The van der Waals surface area contributed by atoms with Crippen molar-refractivity contribution in [2.45, 2.75) is 71.5 Å².